The third kappa shape index (κ3) is 2.15. The zero-order chi connectivity index (χ0) is 11.5. The summed E-state index contributed by atoms with van der Waals surface area (Å²) in [4.78, 5) is 23.8. The molecule has 1 fully saturated rings. The summed E-state index contributed by atoms with van der Waals surface area (Å²) in [5, 5.41) is 3.09. The van der Waals surface area contributed by atoms with Crippen molar-refractivity contribution in [3.8, 4) is 0 Å². The van der Waals surface area contributed by atoms with Gasteiger partial charge in [-0.05, 0) is 24.3 Å². The van der Waals surface area contributed by atoms with Crippen molar-refractivity contribution in [2.75, 3.05) is 18.1 Å². The second kappa shape index (κ2) is 4.76. The number of Topliss-reactive ketones (excluding diaryl/α,β-unsaturated/α-hetero) is 1. The van der Waals surface area contributed by atoms with Crippen LogP contribution in [-0.4, -0.2) is 31.3 Å². The van der Waals surface area contributed by atoms with Crippen molar-refractivity contribution in [3.63, 3.8) is 0 Å². The molecule has 4 nitrogen and oxygen atoms in total. The highest BCUT2D eigenvalue weighted by Gasteiger charge is 2.29. The number of carbonyl (C=O) groups is 2. The van der Waals surface area contributed by atoms with Crippen molar-refractivity contribution in [3.05, 3.63) is 28.7 Å². The molecule has 84 valence electrons. The summed E-state index contributed by atoms with van der Waals surface area (Å²) >= 11 is 3.35. The topological polar surface area (TPSA) is 49.4 Å². The molecule has 5 heteroatoms. The van der Waals surface area contributed by atoms with Crippen molar-refractivity contribution in [2.24, 2.45) is 0 Å². The van der Waals surface area contributed by atoms with Crippen LogP contribution in [0.1, 0.15) is 0 Å². The first-order chi connectivity index (χ1) is 7.72. The van der Waals surface area contributed by atoms with E-state index in [1.807, 2.05) is 29.2 Å². The van der Waals surface area contributed by atoms with E-state index in [4.69, 9.17) is 0 Å². The van der Waals surface area contributed by atoms with Gasteiger partial charge in [-0.15, -0.1) is 0 Å². The molecule has 1 heterocycles. The number of ketones is 1. The number of halogens is 1. The maximum absolute atomic E-state index is 11.4. The summed E-state index contributed by atoms with van der Waals surface area (Å²) in [6.07, 6.45) is 0.392. The largest absolute Gasteiger partial charge is 0.347 e. The van der Waals surface area contributed by atoms with E-state index in [1.165, 1.54) is 0 Å². The van der Waals surface area contributed by atoms with Gasteiger partial charge in [0.15, 0.2) is 6.29 Å². The Hall–Kier alpha value is -1.20. The standard InChI is InChI=1S/C11H11BrN2O2/c12-8-1-3-9(4-2-8)14-7-13-5-10(14)11(16)6-15/h1-4,6,10,13H,5,7H2. The van der Waals surface area contributed by atoms with Crippen LogP contribution in [0.3, 0.4) is 0 Å². The molecule has 0 aromatic heterocycles. The van der Waals surface area contributed by atoms with Crippen LogP contribution in [0.15, 0.2) is 28.7 Å². The Morgan fingerprint density at radius 1 is 1.44 bits per heavy atom. The molecule has 0 radical (unpaired) electrons. The molecule has 2 rings (SSSR count). The van der Waals surface area contributed by atoms with Crippen LogP contribution in [0.5, 0.6) is 0 Å². The summed E-state index contributed by atoms with van der Waals surface area (Å²) in [7, 11) is 0. The molecule has 0 saturated carbocycles. The van der Waals surface area contributed by atoms with Crippen molar-refractivity contribution >= 4 is 33.7 Å². The molecule has 1 saturated heterocycles. The second-order valence-corrected chi connectivity index (χ2v) is 4.51. The maximum atomic E-state index is 11.4. The number of hydrogen-bond donors (Lipinski definition) is 1. The molecule has 1 aliphatic heterocycles. The van der Waals surface area contributed by atoms with E-state index in [9.17, 15) is 9.59 Å². The van der Waals surface area contributed by atoms with Crippen molar-refractivity contribution in [2.45, 2.75) is 6.04 Å². The van der Waals surface area contributed by atoms with Crippen molar-refractivity contribution in [1.82, 2.24) is 5.32 Å². The average molecular weight is 283 g/mol. The lowest BCUT2D eigenvalue weighted by Crippen LogP contribution is -2.38. The van der Waals surface area contributed by atoms with Crippen LogP contribution in [0.4, 0.5) is 5.69 Å². The zero-order valence-electron chi connectivity index (χ0n) is 8.52. The molecular formula is C11H11BrN2O2. The summed E-state index contributed by atoms with van der Waals surface area (Å²) in [5.74, 6) is -0.382. The van der Waals surface area contributed by atoms with Gasteiger partial charge in [-0.3, -0.25) is 14.9 Å². The van der Waals surface area contributed by atoms with Crippen LogP contribution in [0.25, 0.3) is 0 Å². The predicted octanol–water partition coefficient (Wildman–Crippen LogP) is 0.953. The van der Waals surface area contributed by atoms with E-state index in [0.29, 0.717) is 19.5 Å². The first-order valence-corrected chi connectivity index (χ1v) is 5.73. The molecule has 1 aromatic carbocycles. The Kier molecular flexibility index (Phi) is 3.36. The van der Waals surface area contributed by atoms with Gasteiger partial charge in [0, 0.05) is 16.7 Å². The fourth-order valence-electron chi connectivity index (χ4n) is 1.78. The molecule has 0 aliphatic carbocycles. The predicted molar refractivity (Wildman–Crippen MR) is 64.3 cm³/mol. The molecule has 0 spiro atoms. The van der Waals surface area contributed by atoms with E-state index >= 15 is 0 Å². The number of anilines is 1. The van der Waals surface area contributed by atoms with E-state index in [1.54, 1.807) is 0 Å². The van der Waals surface area contributed by atoms with Crippen LogP contribution >= 0.6 is 15.9 Å². The Morgan fingerprint density at radius 2 is 2.12 bits per heavy atom. The normalized spacial score (nSPS) is 19.8. The van der Waals surface area contributed by atoms with E-state index < -0.39 is 0 Å². The lowest BCUT2D eigenvalue weighted by atomic mass is 10.1. The van der Waals surface area contributed by atoms with Gasteiger partial charge in [0.2, 0.25) is 5.78 Å². The Morgan fingerprint density at radius 3 is 2.75 bits per heavy atom. The van der Waals surface area contributed by atoms with Gasteiger partial charge in [-0.25, -0.2) is 0 Å². The van der Waals surface area contributed by atoms with Gasteiger partial charge >= 0.3 is 0 Å². The van der Waals surface area contributed by atoms with Crippen LogP contribution in [0, 0.1) is 0 Å². The third-order valence-corrected chi connectivity index (χ3v) is 3.13. The van der Waals surface area contributed by atoms with Gasteiger partial charge in [-0.1, -0.05) is 15.9 Å². The molecule has 1 atom stereocenters. The molecule has 1 unspecified atom stereocenters. The highest BCUT2D eigenvalue weighted by molar-refractivity contribution is 9.10. The smallest absolute Gasteiger partial charge is 0.218 e. The Labute approximate surface area is 102 Å². The van der Waals surface area contributed by atoms with Gasteiger partial charge in [-0.2, -0.15) is 0 Å². The number of benzene rings is 1. The van der Waals surface area contributed by atoms with Crippen LogP contribution < -0.4 is 10.2 Å². The number of hydrogen-bond acceptors (Lipinski definition) is 4. The quantitative estimate of drug-likeness (QED) is 0.663. The molecule has 1 N–H and O–H groups in total. The van der Waals surface area contributed by atoms with Gasteiger partial charge < -0.3 is 4.90 Å². The van der Waals surface area contributed by atoms with Gasteiger partial charge in [0.1, 0.15) is 6.04 Å². The lowest BCUT2D eigenvalue weighted by Gasteiger charge is -2.23. The molecular weight excluding hydrogens is 272 g/mol. The number of aldehydes is 1. The fourth-order valence-corrected chi connectivity index (χ4v) is 2.04. The zero-order valence-corrected chi connectivity index (χ0v) is 10.1. The SMILES string of the molecule is O=CC(=O)C1CNCN1c1ccc(Br)cc1. The minimum atomic E-state index is -0.382. The summed E-state index contributed by atoms with van der Waals surface area (Å²) in [5.41, 5.74) is 0.938. The van der Waals surface area contributed by atoms with E-state index in [0.717, 1.165) is 10.2 Å². The molecule has 0 amide bonds. The highest BCUT2D eigenvalue weighted by atomic mass is 79.9. The number of nitrogens with one attached hydrogen (secondary N) is 1. The number of carbonyl (C=O) groups excluding carboxylic acids is 2. The van der Waals surface area contributed by atoms with Gasteiger partial charge in [0.05, 0.1) is 6.67 Å². The van der Waals surface area contributed by atoms with E-state index in [2.05, 4.69) is 21.2 Å². The Bertz CT molecular complexity index is 405. The first-order valence-electron chi connectivity index (χ1n) is 4.94. The lowest BCUT2D eigenvalue weighted by molar-refractivity contribution is -0.130. The Balaban J connectivity index is 2.22. The van der Waals surface area contributed by atoms with Crippen LogP contribution in [0.2, 0.25) is 0 Å². The molecule has 16 heavy (non-hydrogen) atoms. The molecule has 0 bridgehead atoms. The second-order valence-electron chi connectivity index (χ2n) is 3.59. The fraction of sp³-hybridized carbons (Fsp3) is 0.273. The van der Waals surface area contributed by atoms with Crippen LogP contribution in [-0.2, 0) is 9.59 Å². The minimum absolute atomic E-state index is 0.376. The minimum Gasteiger partial charge on any atom is -0.347 e. The maximum Gasteiger partial charge on any atom is 0.218 e. The van der Waals surface area contributed by atoms with E-state index in [-0.39, 0.29) is 11.8 Å². The monoisotopic (exact) mass is 282 g/mol. The highest BCUT2D eigenvalue weighted by Crippen LogP contribution is 2.21. The molecule has 1 aliphatic rings. The summed E-state index contributed by atoms with van der Waals surface area (Å²) in [6, 6.07) is 7.29. The third-order valence-electron chi connectivity index (χ3n) is 2.60. The first kappa shape index (κ1) is 11.3. The average Bonchev–Trinajstić information content (AvgIpc) is 2.78. The molecule has 1 aromatic rings. The van der Waals surface area contributed by atoms with Crippen molar-refractivity contribution < 1.29 is 9.59 Å². The number of rotatable bonds is 3. The van der Waals surface area contributed by atoms with Crippen molar-refractivity contribution in [1.29, 1.82) is 0 Å². The summed E-state index contributed by atoms with van der Waals surface area (Å²) < 4.78 is 0.988. The summed E-state index contributed by atoms with van der Waals surface area (Å²) in [6.45, 7) is 1.11. The van der Waals surface area contributed by atoms with Gasteiger partial charge in [0.25, 0.3) is 0 Å². The number of nitrogens with zero attached hydrogens (tertiary/aromatic N) is 1.